The van der Waals surface area contributed by atoms with Gasteiger partial charge in [-0.3, -0.25) is 14.9 Å². The highest BCUT2D eigenvalue weighted by Crippen LogP contribution is 2.46. The van der Waals surface area contributed by atoms with E-state index < -0.39 is 11.6 Å². The Hall–Kier alpha value is -2.77. The lowest BCUT2D eigenvalue weighted by Crippen LogP contribution is -2.47. The summed E-state index contributed by atoms with van der Waals surface area (Å²) in [6, 6.07) is 5.51. The number of fused-ring (bicyclic) bond motifs is 2. The maximum atomic E-state index is 12.4. The summed E-state index contributed by atoms with van der Waals surface area (Å²) in [5.41, 5.74) is 1.36. The van der Waals surface area contributed by atoms with Gasteiger partial charge >= 0.3 is 6.09 Å². The number of carbonyl (C=O) groups excluding carboxylic acids is 3. The van der Waals surface area contributed by atoms with E-state index in [2.05, 4.69) is 16.7 Å². The number of carbonyl (C=O) groups is 3. The molecule has 2 fully saturated rings. The number of hydrogen-bond donors (Lipinski definition) is 2. The SMILES string of the molecule is CC(C)(C)OC(=O)N1CCC2(CC1)COc1cc(N[C@H]3CCC(=O)NC3=O)ccc12. The van der Waals surface area contributed by atoms with Gasteiger partial charge in [-0.2, -0.15) is 0 Å². The second-order valence-corrected chi connectivity index (χ2v) is 9.40. The van der Waals surface area contributed by atoms with Crippen molar-refractivity contribution in [3.8, 4) is 5.75 Å². The summed E-state index contributed by atoms with van der Waals surface area (Å²) in [6.45, 7) is 7.47. The van der Waals surface area contributed by atoms with Crippen molar-refractivity contribution in [1.82, 2.24) is 10.2 Å². The monoisotopic (exact) mass is 415 g/mol. The van der Waals surface area contributed by atoms with E-state index >= 15 is 0 Å². The van der Waals surface area contributed by atoms with Gasteiger partial charge in [0, 0.05) is 42.2 Å². The van der Waals surface area contributed by atoms with Gasteiger partial charge in [-0.1, -0.05) is 6.07 Å². The first-order chi connectivity index (χ1) is 14.2. The van der Waals surface area contributed by atoms with Gasteiger partial charge in [0.15, 0.2) is 0 Å². The standard InChI is InChI=1S/C22H29N3O5/c1-21(2,3)30-20(28)25-10-8-22(9-11-25)13-29-17-12-14(4-5-15(17)22)23-16-6-7-18(26)24-19(16)27/h4-5,12,16,23H,6-11,13H2,1-3H3,(H,24,26,27)/t16-/m0/s1. The Kier molecular flexibility index (Phi) is 5.11. The Morgan fingerprint density at radius 1 is 1.27 bits per heavy atom. The second-order valence-electron chi connectivity index (χ2n) is 9.40. The fraction of sp³-hybridized carbons (Fsp3) is 0.591. The summed E-state index contributed by atoms with van der Waals surface area (Å²) in [4.78, 5) is 37.4. The predicted molar refractivity (Wildman–Crippen MR) is 110 cm³/mol. The number of nitrogens with zero attached hydrogens (tertiary/aromatic N) is 1. The van der Waals surface area contributed by atoms with Crippen LogP contribution >= 0.6 is 0 Å². The molecule has 2 N–H and O–H groups in total. The third kappa shape index (κ3) is 4.08. The zero-order valence-corrected chi connectivity index (χ0v) is 17.7. The molecular formula is C22H29N3O5. The summed E-state index contributed by atoms with van der Waals surface area (Å²) < 4.78 is 11.5. The molecule has 0 radical (unpaired) electrons. The van der Waals surface area contributed by atoms with Crippen LogP contribution in [-0.2, 0) is 19.7 Å². The average molecular weight is 415 g/mol. The van der Waals surface area contributed by atoms with Gasteiger partial charge in [0.05, 0.1) is 6.61 Å². The molecule has 0 unspecified atom stereocenters. The molecule has 3 aliphatic rings. The summed E-state index contributed by atoms with van der Waals surface area (Å²) in [5, 5.41) is 5.56. The Morgan fingerprint density at radius 3 is 2.67 bits per heavy atom. The molecule has 0 aliphatic carbocycles. The van der Waals surface area contributed by atoms with Gasteiger partial charge in [-0.25, -0.2) is 4.79 Å². The van der Waals surface area contributed by atoms with Crippen molar-refractivity contribution in [1.29, 1.82) is 0 Å². The molecular weight excluding hydrogens is 386 g/mol. The summed E-state index contributed by atoms with van der Waals surface area (Å²) in [6.07, 6.45) is 2.19. The van der Waals surface area contributed by atoms with Crippen LogP contribution < -0.4 is 15.4 Å². The Morgan fingerprint density at radius 2 is 2.00 bits per heavy atom. The molecule has 162 valence electrons. The van der Waals surface area contributed by atoms with Crippen molar-refractivity contribution >= 4 is 23.6 Å². The third-order valence-electron chi connectivity index (χ3n) is 6.01. The maximum absolute atomic E-state index is 12.4. The first-order valence-electron chi connectivity index (χ1n) is 10.5. The van der Waals surface area contributed by atoms with Crippen LogP contribution in [0.5, 0.6) is 5.75 Å². The smallest absolute Gasteiger partial charge is 0.410 e. The van der Waals surface area contributed by atoms with E-state index in [9.17, 15) is 14.4 Å². The average Bonchev–Trinajstić information content (AvgIpc) is 3.01. The van der Waals surface area contributed by atoms with Crippen LogP contribution in [0.15, 0.2) is 18.2 Å². The zero-order chi connectivity index (χ0) is 21.5. The topological polar surface area (TPSA) is 97.0 Å². The molecule has 2 saturated heterocycles. The van der Waals surface area contributed by atoms with E-state index in [1.807, 2.05) is 32.9 Å². The molecule has 3 aliphatic heterocycles. The van der Waals surface area contributed by atoms with Gasteiger partial charge in [0.25, 0.3) is 0 Å². The highest BCUT2D eigenvalue weighted by atomic mass is 16.6. The molecule has 30 heavy (non-hydrogen) atoms. The van der Waals surface area contributed by atoms with Gasteiger partial charge in [0.1, 0.15) is 17.4 Å². The van der Waals surface area contributed by atoms with E-state index in [0.29, 0.717) is 32.5 Å². The van der Waals surface area contributed by atoms with Crippen molar-refractivity contribution in [2.24, 2.45) is 0 Å². The second kappa shape index (κ2) is 7.49. The van der Waals surface area contributed by atoms with Gasteiger partial charge in [0.2, 0.25) is 11.8 Å². The molecule has 1 aromatic carbocycles. The fourth-order valence-electron chi connectivity index (χ4n) is 4.35. The Labute approximate surface area is 176 Å². The molecule has 4 rings (SSSR count). The van der Waals surface area contributed by atoms with Crippen LogP contribution in [0.3, 0.4) is 0 Å². The lowest BCUT2D eigenvalue weighted by Gasteiger charge is -2.38. The molecule has 1 aromatic rings. The molecule has 3 heterocycles. The third-order valence-corrected chi connectivity index (χ3v) is 6.01. The van der Waals surface area contributed by atoms with Crippen LogP contribution in [0, 0.1) is 0 Å². The number of anilines is 1. The summed E-state index contributed by atoms with van der Waals surface area (Å²) in [7, 11) is 0. The van der Waals surface area contributed by atoms with E-state index in [-0.39, 0.29) is 23.3 Å². The Balaban J connectivity index is 1.41. The first kappa shape index (κ1) is 20.5. The van der Waals surface area contributed by atoms with Crippen LogP contribution in [0.25, 0.3) is 0 Å². The van der Waals surface area contributed by atoms with Crippen molar-refractivity contribution in [2.45, 2.75) is 63.5 Å². The summed E-state index contributed by atoms with van der Waals surface area (Å²) >= 11 is 0. The molecule has 8 nitrogen and oxygen atoms in total. The van der Waals surface area contributed by atoms with Gasteiger partial charge in [-0.15, -0.1) is 0 Å². The number of benzene rings is 1. The minimum atomic E-state index is -0.499. The van der Waals surface area contributed by atoms with Crippen molar-refractivity contribution in [3.63, 3.8) is 0 Å². The molecule has 1 atom stereocenters. The lowest BCUT2D eigenvalue weighted by molar-refractivity contribution is -0.133. The number of nitrogens with one attached hydrogen (secondary N) is 2. The quantitative estimate of drug-likeness (QED) is 0.721. The number of amides is 3. The predicted octanol–water partition coefficient (Wildman–Crippen LogP) is 2.56. The molecule has 0 bridgehead atoms. The molecule has 0 aromatic heterocycles. The molecule has 0 saturated carbocycles. The number of likely N-dealkylation sites (tertiary alicyclic amines) is 1. The minimum Gasteiger partial charge on any atom is -0.492 e. The first-order valence-corrected chi connectivity index (χ1v) is 10.5. The van der Waals surface area contributed by atoms with Crippen LogP contribution in [-0.4, -0.2) is 54.1 Å². The van der Waals surface area contributed by atoms with Crippen molar-refractivity contribution in [3.05, 3.63) is 23.8 Å². The number of piperidine rings is 2. The van der Waals surface area contributed by atoms with E-state index in [1.165, 1.54) is 0 Å². The molecule has 8 heteroatoms. The highest BCUT2D eigenvalue weighted by molar-refractivity contribution is 6.01. The highest BCUT2D eigenvalue weighted by Gasteiger charge is 2.44. The molecule has 3 amide bonds. The number of rotatable bonds is 2. The van der Waals surface area contributed by atoms with Crippen LogP contribution in [0.2, 0.25) is 0 Å². The van der Waals surface area contributed by atoms with Crippen LogP contribution in [0.1, 0.15) is 52.0 Å². The fourth-order valence-corrected chi connectivity index (χ4v) is 4.35. The number of imide groups is 1. The normalized spacial score (nSPS) is 22.9. The maximum Gasteiger partial charge on any atom is 0.410 e. The van der Waals surface area contributed by atoms with E-state index in [0.717, 1.165) is 29.8 Å². The van der Waals surface area contributed by atoms with E-state index in [1.54, 1.807) is 4.90 Å². The number of hydrogen-bond acceptors (Lipinski definition) is 6. The van der Waals surface area contributed by atoms with Gasteiger partial charge < -0.3 is 19.7 Å². The largest absolute Gasteiger partial charge is 0.492 e. The number of ether oxygens (including phenoxy) is 2. The lowest BCUT2D eigenvalue weighted by atomic mass is 9.74. The van der Waals surface area contributed by atoms with E-state index in [4.69, 9.17) is 9.47 Å². The summed E-state index contributed by atoms with van der Waals surface area (Å²) in [5.74, 6) is 0.298. The van der Waals surface area contributed by atoms with Crippen molar-refractivity contribution < 1.29 is 23.9 Å². The minimum absolute atomic E-state index is 0.0962. The van der Waals surface area contributed by atoms with Crippen LogP contribution in [0.4, 0.5) is 10.5 Å². The molecule has 1 spiro atoms. The Bertz CT molecular complexity index is 868. The van der Waals surface area contributed by atoms with Gasteiger partial charge in [-0.05, 0) is 46.1 Å². The zero-order valence-electron chi connectivity index (χ0n) is 17.7. The van der Waals surface area contributed by atoms with Crippen molar-refractivity contribution in [2.75, 3.05) is 25.0 Å².